The highest BCUT2D eigenvalue weighted by molar-refractivity contribution is 7.99. The zero-order chi connectivity index (χ0) is 14.9. The highest BCUT2D eigenvalue weighted by Gasteiger charge is 2.66. The molecular weight excluding hydrogens is 306 g/mol. The first kappa shape index (κ1) is 15.2. The normalized spacial score (nSPS) is 21.3. The van der Waals surface area contributed by atoms with Crippen LogP contribution in [0.2, 0.25) is 5.02 Å². The summed E-state index contributed by atoms with van der Waals surface area (Å²) in [7, 11) is 0. The minimum Gasteiger partial charge on any atom is -0.395 e. The fourth-order valence-electron chi connectivity index (χ4n) is 2.89. The predicted molar refractivity (Wildman–Crippen MR) is 85.6 cm³/mol. The second-order valence-electron chi connectivity index (χ2n) is 5.97. The van der Waals surface area contributed by atoms with Crippen molar-refractivity contribution < 1.29 is 9.90 Å². The lowest BCUT2D eigenvalue weighted by Crippen LogP contribution is -2.37. The molecule has 3 rings (SSSR count). The van der Waals surface area contributed by atoms with Crippen LogP contribution in [0.15, 0.2) is 29.2 Å². The van der Waals surface area contributed by atoms with Crippen molar-refractivity contribution in [2.75, 3.05) is 25.4 Å². The van der Waals surface area contributed by atoms with Crippen molar-refractivity contribution in [2.45, 2.75) is 24.2 Å². The van der Waals surface area contributed by atoms with Gasteiger partial charge in [-0.2, -0.15) is 0 Å². The topological polar surface area (TPSA) is 40.5 Å². The summed E-state index contributed by atoms with van der Waals surface area (Å²) in [4.78, 5) is 15.4. The Morgan fingerprint density at radius 2 is 2.05 bits per heavy atom. The summed E-state index contributed by atoms with van der Waals surface area (Å²) in [5, 5.41) is 9.90. The van der Waals surface area contributed by atoms with Crippen LogP contribution in [0, 0.1) is 11.3 Å². The van der Waals surface area contributed by atoms with Gasteiger partial charge in [-0.05, 0) is 48.9 Å². The van der Waals surface area contributed by atoms with Gasteiger partial charge in [-0.15, -0.1) is 11.8 Å². The van der Waals surface area contributed by atoms with Gasteiger partial charge in [0.2, 0.25) is 5.91 Å². The maximum atomic E-state index is 12.4. The maximum Gasteiger partial charge on any atom is 0.226 e. The van der Waals surface area contributed by atoms with Crippen LogP contribution >= 0.6 is 23.4 Å². The average Bonchev–Trinajstić information content (AvgIpc) is 3.40. The summed E-state index contributed by atoms with van der Waals surface area (Å²) in [6.07, 6.45) is 3.50. The fourth-order valence-corrected chi connectivity index (χ4v) is 3.89. The molecular formula is C16H20ClNO2S. The van der Waals surface area contributed by atoms with Crippen molar-refractivity contribution >= 4 is 29.3 Å². The van der Waals surface area contributed by atoms with Crippen LogP contribution in [0.1, 0.15) is 19.3 Å². The summed E-state index contributed by atoms with van der Waals surface area (Å²) in [5.41, 5.74) is 0.383. The van der Waals surface area contributed by atoms with Gasteiger partial charge >= 0.3 is 0 Å². The summed E-state index contributed by atoms with van der Waals surface area (Å²) >= 11 is 7.58. The fraction of sp³-hybridized carbons (Fsp3) is 0.562. The Hall–Kier alpha value is -0.710. The summed E-state index contributed by atoms with van der Waals surface area (Å²) in [6, 6.07) is 7.74. The van der Waals surface area contributed by atoms with E-state index < -0.39 is 0 Å². The van der Waals surface area contributed by atoms with E-state index in [2.05, 4.69) is 0 Å². The number of nitrogens with zero attached hydrogens (tertiary/aromatic N) is 1. The quantitative estimate of drug-likeness (QED) is 0.783. The monoisotopic (exact) mass is 325 g/mol. The number of halogens is 1. The highest BCUT2D eigenvalue weighted by atomic mass is 35.5. The number of carbonyl (C=O) groups is 1. The molecule has 3 nitrogen and oxygen atoms in total. The first-order valence-electron chi connectivity index (χ1n) is 7.43. The van der Waals surface area contributed by atoms with Crippen LogP contribution in [0.5, 0.6) is 0 Å². The smallest absolute Gasteiger partial charge is 0.226 e. The molecule has 0 bridgehead atoms. The van der Waals surface area contributed by atoms with Gasteiger partial charge in [0.05, 0.1) is 6.61 Å². The van der Waals surface area contributed by atoms with E-state index in [1.165, 1.54) is 12.8 Å². The van der Waals surface area contributed by atoms with Crippen LogP contribution < -0.4 is 0 Å². The number of hydrogen-bond acceptors (Lipinski definition) is 3. The van der Waals surface area contributed by atoms with E-state index in [1.54, 1.807) is 11.8 Å². The molecule has 2 fully saturated rings. The van der Waals surface area contributed by atoms with E-state index in [0.29, 0.717) is 18.5 Å². The van der Waals surface area contributed by atoms with Crippen LogP contribution in [0.25, 0.3) is 0 Å². The summed E-state index contributed by atoms with van der Waals surface area (Å²) in [5.74, 6) is 1.33. The van der Waals surface area contributed by atoms with Gasteiger partial charge in [0.25, 0.3) is 0 Å². The second-order valence-corrected chi connectivity index (χ2v) is 7.58. The first-order chi connectivity index (χ1) is 10.1. The van der Waals surface area contributed by atoms with Crippen molar-refractivity contribution in [1.29, 1.82) is 0 Å². The van der Waals surface area contributed by atoms with Crippen LogP contribution in [-0.2, 0) is 4.79 Å². The number of hydrogen-bond donors (Lipinski definition) is 1. The van der Waals surface area contributed by atoms with Gasteiger partial charge in [0.1, 0.15) is 0 Å². The van der Waals surface area contributed by atoms with Crippen molar-refractivity contribution in [3.05, 3.63) is 29.3 Å². The molecule has 21 heavy (non-hydrogen) atoms. The molecule has 5 heteroatoms. The lowest BCUT2D eigenvalue weighted by atomic mass is 10.2. The van der Waals surface area contributed by atoms with Crippen molar-refractivity contribution in [1.82, 2.24) is 4.90 Å². The van der Waals surface area contributed by atoms with Crippen LogP contribution in [-0.4, -0.2) is 41.4 Å². The predicted octanol–water partition coefficient (Wildman–Crippen LogP) is 3.05. The van der Waals surface area contributed by atoms with E-state index in [4.69, 9.17) is 16.7 Å². The van der Waals surface area contributed by atoms with Crippen LogP contribution in [0.4, 0.5) is 0 Å². The van der Waals surface area contributed by atoms with Crippen LogP contribution in [0.3, 0.4) is 0 Å². The second kappa shape index (κ2) is 6.19. The number of carbonyl (C=O) groups excluding carboxylic acids is 1. The third-order valence-corrected chi connectivity index (χ3v) is 5.75. The number of rotatable bonds is 7. The third kappa shape index (κ3) is 3.55. The van der Waals surface area contributed by atoms with Crippen molar-refractivity contribution in [3.63, 3.8) is 0 Å². The minimum atomic E-state index is 0.0388. The van der Waals surface area contributed by atoms with Crippen molar-refractivity contribution in [2.24, 2.45) is 11.3 Å². The third-order valence-electron chi connectivity index (χ3n) is 4.51. The van der Waals surface area contributed by atoms with E-state index in [1.807, 2.05) is 29.2 Å². The molecule has 0 saturated heterocycles. The number of aliphatic hydroxyl groups is 1. The Bertz CT molecular complexity index is 516. The lowest BCUT2D eigenvalue weighted by Gasteiger charge is -2.21. The van der Waals surface area contributed by atoms with E-state index in [-0.39, 0.29) is 18.4 Å². The number of aliphatic hydroxyl groups excluding tert-OH is 1. The number of thioether (sulfide) groups is 1. The molecule has 0 unspecified atom stereocenters. The van der Waals surface area contributed by atoms with Gasteiger partial charge in [-0.1, -0.05) is 11.6 Å². The summed E-state index contributed by atoms with van der Waals surface area (Å²) in [6.45, 7) is 1.18. The van der Waals surface area contributed by atoms with E-state index in [9.17, 15) is 4.79 Å². The standard InChI is InChI=1S/C16H20ClNO2S/c17-12-1-3-13(4-2-12)21-10-8-18(7-9-19)15(20)14-11-16(14)5-6-16/h1-4,14,19H,5-11H2/t14-/m0/s1. The molecule has 2 saturated carbocycles. The molecule has 1 atom stereocenters. The summed E-state index contributed by atoms with van der Waals surface area (Å²) < 4.78 is 0. The lowest BCUT2D eigenvalue weighted by molar-refractivity contribution is -0.133. The van der Waals surface area contributed by atoms with Crippen molar-refractivity contribution in [3.8, 4) is 0 Å². The highest BCUT2D eigenvalue weighted by Crippen LogP contribution is 2.70. The largest absolute Gasteiger partial charge is 0.395 e. The first-order valence-corrected chi connectivity index (χ1v) is 8.79. The SMILES string of the molecule is O=C([C@@H]1CC12CC2)N(CCO)CCSc1ccc(Cl)cc1. The molecule has 1 amide bonds. The molecule has 0 heterocycles. The molecule has 0 aromatic heterocycles. The molecule has 1 N–H and O–H groups in total. The Kier molecular flexibility index (Phi) is 4.48. The molecule has 0 radical (unpaired) electrons. The average molecular weight is 326 g/mol. The van der Waals surface area contributed by atoms with Gasteiger partial charge in [-0.3, -0.25) is 4.79 Å². The molecule has 1 aromatic carbocycles. The Morgan fingerprint density at radius 1 is 1.33 bits per heavy atom. The maximum absolute atomic E-state index is 12.4. The molecule has 0 aliphatic heterocycles. The number of benzene rings is 1. The molecule has 1 spiro atoms. The van der Waals surface area contributed by atoms with Gasteiger partial charge in [0.15, 0.2) is 0 Å². The van der Waals surface area contributed by atoms with Gasteiger partial charge < -0.3 is 10.0 Å². The zero-order valence-electron chi connectivity index (χ0n) is 11.9. The Labute approximate surface area is 134 Å². The van der Waals surface area contributed by atoms with Gasteiger partial charge in [-0.25, -0.2) is 0 Å². The number of amides is 1. The molecule has 1 aromatic rings. The molecule has 2 aliphatic rings. The minimum absolute atomic E-state index is 0.0388. The van der Waals surface area contributed by atoms with E-state index >= 15 is 0 Å². The van der Waals surface area contributed by atoms with E-state index in [0.717, 1.165) is 22.1 Å². The molecule has 2 aliphatic carbocycles. The zero-order valence-corrected chi connectivity index (χ0v) is 13.5. The van der Waals surface area contributed by atoms with Gasteiger partial charge in [0, 0.05) is 34.7 Å². The molecule has 114 valence electrons. The Morgan fingerprint density at radius 3 is 2.62 bits per heavy atom. The Balaban J connectivity index is 1.48.